The molecule has 0 nitrogen and oxygen atoms in total. The Balaban J connectivity index is 3.08. The molecule has 1 aliphatic carbocycles. The Bertz CT molecular complexity index is 391. The summed E-state index contributed by atoms with van der Waals surface area (Å²) in [5, 5.41) is 2.07. The minimum Gasteiger partial charge on any atom is -0.0919 e. The minimum atomic E-state index is 0.0399. The summed E-state index contributed by atoms with van der Waals surface area (Å²) < 4.78 is 0. The highest BCUT2D eigenvalue weighted by atomic mass is 31.1. The van der Waals surface area contributed by atoms with E-state index in [4.69, 9.17) is 0 Å². The van der Waals surface area contributed by atoms with Gasteiger partial charge in [0.1, 0.15) is 0 Å². The molecule has 1 aliphatic rings. The third-order valence-corrected chi connectivity index (χ3v) is 17.4. The van der Waals surface area contributed by atoms with Crippen molar-refractivity contribution in [1.82, 2.24) is 0 Å². The maximum absolute atomic E-state index is 2.58. The standard InChI is InChI=1S/C26H54P2/c1-13-23(5,6)27(24(7,8)14-2)21-17-19-22(20-18-21)28(25(9,10)15-3)26(11,12)16-4/h21-22H,13-20H2,1-12H3. The van der Waals surface area contributed by atoms with E-state index in [1.807, 2.05) is 0 Å². The van der Waals surface area contributed by atoms with Gasteiger partial charge in [-0.1, -0.05) is 98.9 Å². The van der Waals surface area contributed by atoms with E-state index in [0.29, 0.717) is 20.6 Å². The van der Waals surface area contributed by atoms with Crippen molar-refractivity contribution in [2.75, 3.05) is 0 Å². The smallest absolute Gasteiger partial charge is 0.0146 e. The van der Waals surface area contributed by atoms with Gasteiger partial charge in [0.25, 0.3) is 0 Å². The van der Waals surface area contributed by atoms with Gasteiger partial charge in [-0.05, 0) is 83.3 Å². The first kappa shape index (κ1) is 26.9. The zero-order valence-corrected chi connectivity index (χ0v) is 23.5. The van der Waals surface area contributed by atoms with Gasteiger partial charge in [-0.15, -0.1) is 0 Å². The van der Waals surface area contributed by atoms with Crippen LogP contribution in [0, 0.1) is 0 Å². The van der Waals surface area contributed by atoms with Crippen LogP contribution in [0.2, 0.25) is 0 Å². The van der Waals surface area contributed by atoms with Gasteiger partial charge in [-0.25, -0.2) is 0 Å². The molecule has 0 spiro atoms. The highest BCUT2D eigenvalue weighted by Gasteiger charge is 2.47. The van der Waals surface area contributed by atoms with E-state index in [2.05, 4.69) is 83.1 Å². The first-order valence-electron chi connectivity index (χ1n) is 12.3. The third kappa shape index (κ3) is 5.97. The molecular formula is C26H54P2. The summed E-state index contributed by atoms with van der Waals surface area (Å²) in [6.45, 7) is 30.4. The van der Waals surface area contributed by atoms with Crippen LogP contribution in [0.4, 0.5) is 0 Å². The lowest BCUT2D eigenvalue weighted by atomic mass is 9.99. The predicted octanol–water partition coefficient (Wildman–Crippen LogP) is 10.0. The molecule has 0 heterocycles. The van der Waals surface area contributed by atoms with Gasteiger partial charge in [0.15, 0.2) is 0 Å². The summed E-state index contributed by atoms with van der Waals surface area (Å²) in [7, 11) is 0.0798. The van der Waals surface area contributed by atoms with Gasteiger partial charge in [0, 0.05) is 0 Å². The molecule has 0 aromatic rings. The lowest BCUT2D eigenvalue weighted by molar-refractivity contribution is 0.476. The van der Waals surface area contributed by atoms with E-state index in [1.165, 1.54) is 51.4 Å². The molecule has 0 atom stereocenters. The fourth-order valence-electron chi connectivity index (χ4n) is 5.87. The molecule has 2 heteroatoms. The molecule has 0 aromatic heterocycles. The number of hydrogen-bond acceptors (Lipinski definition) is 0. The zero-order valence-electron chi connectivity index (χ0n) is 21.7. The zero-order chi connectivity index (χ0) is 22.0. The van der Waals surface area contributed by atoms with Gasteiger partial charge in [0.05, 0.1) is 0 Å². The van der Waals surface area contributed by atoms with Crippen molar-refractivity contribution in [2.24, 2.45) is 0 Å². The third-order valence-electron chi connectivity index (χ3n) is 8.47. The minimum absolute atomic E-state index is 0.0399. The van der Waals surface area contributed by atoms with Gasteiger partial charge in [0.2, 0.25) is 0 Å². The molecule has 168 valence electrons. The van der Waals surface area contributed by atoms with E-state index in [-0.39, 0.29) is 15.8 Å². The van der Waals surface area contributed by atoms with Crippen LogP contribution in [0.1, 0.15) is 134 Å². The van der Waals surface area contributed by atoms with E-state index >= 15 is 0 Å². The average molecular weight is 429 g/mol. The van der Waals surface area contributed by atoms with Crippen molar-refractivity contribution in [2.45, 2.75) is 166 Å². The summed E-state index contributed by atoms with van der Waals surface area (Å²) in [6, 6.07) is 0. The Labute approximate surface area is 182 Å². The van der Waals surface area contributed by atoms with Crippen molar-refractivity contribution in [3.8, 4) is 0 Å². The molecule has 28 heavy (non-hydrogen) atoms. The highest BCUT2D eigenvalue weighted by Crippen LogP contribution is 2.71. The summed E-state index contributed by atoms with van der Waals surface area (Å²) in [5.41, 5.74) is 1.98. The Morgan fingerprint density at radius 3 is 0.786 bits per heavy atom. The van der Waals surface area contributed by atoms with Crippen LogP contribution in [0.5, 0.6) is 0 Å². The lowest BCUT2D eigenvalue weighted by Crippen LogP contribution is -2.39. The molecule has 0 bridgehead atoms. The molecule has 0 amide bonds. The fraction of sp³-hybridized carbons (Fsp3) is 1.00. The molecule has 0 unspecified atom stereocenters. The Hall–Kier alpha value is 0.860. The quantitative estimate of drug-likeness (QED) is 0.304. The molecule has 0 saturated heterocycles. The van der Waals surface area contributed by atoms with Gasteiger partial charge in [-0.3, -0.25) is 0 Å². The van der Waals surface area contributed by atoms with Crippen molar-refractivity contribution in [1.29, 1.82) is 0 Å². The fourth-order valence-corrected chi connectivity index (χ4v) is 16.1. The van der Waals surface area contributed by atoms with E-state index in [9.17, 15) is 0 Å². The van der Waals surface area contributed by atoms with E-state index in [0.717, 1.165) is 11.3 Å². The summed E-state index contributed by atoms with van der Waals surface area (Å²) in [4.78, 5) is 0. The molecule has 1 rings (SSSR count). The number of rotatable bonds is 10. The van der Waals surface area contributed by atoms with Crippen LogP contribution in [-0.2, 0) is 0 Å². The van der Waals surface area contributed by atoms with Crippen molar-refractivity contribution in [3.05, 3.63) is 0 Å². The van der Waals surface area contributed by atoms with Crippen molar-refractivity contribution >= 4 is 15.8 Å². The summed E-state index contributed by atoms with van der Waals surface area (Å²) in [6.07, 6.45) is 11.3. The van der Waals surface area contributed by atoms with Gasteiger partial charge < -0.3 is 0 Å². The number of hydrogen-bond donors (Lipinski definition) is 0. The molecule has 0 radical (unpaired) electrons. The second-order valence-corrected chi connectivity index (χ2v) is 19.6. The molecule has 0 aromatic carbocycles. The van der Waals surface area contributed by atoms with Crippen LogP contribution in [0.25, 0.3) is 0 Å². The maximum atomic E-state index is 2.58. The first-order valence-corrected chi connectivity index (χ1v) is 15.1. The summed E-state index contributed by atoms with van der Waals surface area (Å²) >= 11 is 0. The van der Waals surface area contributed by atoms with Crippen LogP contribution in [-0.4, -0.2) is 31.9 Å². The molecule has 0 aliphatic heterocycles. The predicted molar refractivity (Wildman–Crippen MR) is 137 cm³/mol. The Morgan fingerprint density at radius 1 is 0.464 bits per heavy atom. The highest BCUT2D eigenvalue weighted by molar-refractivity contribution is 7.62. The largest absolute Gasteiger partial charge is 0.0919 e. The van der Waals surface area contributed by atoms with E-state index in [1.54, 1.807) is 0 Å². The van der Waals surface area contributed by atoms with Gasteiger partial charge >= 0.3 is 0 Å². The lowest BCUT2D eigenvalue weighted by Gasteiger charge is -2.54. The van der Waals surface area contributed by atoms with Crippen LogP contribution < -0.4 is 0 Å². The second-order valence-electron chi connectivity index (χ2n) is 11.9. The first-order chi connectivity index (χ1) is 12.7. The normalized spacial score (nSPS) is 22.9. The summed E-state index contributed by atoms with van der Waals surface area (Å²) in [5.74, 6) is 0. The van der Waals surface area contributed by atoms with Gasteiger partial charge in [-0.2, -0.15) is 0 Å². The Kier molecular flexibility index (Phi) is 9.59. The second kappa shape index (κ2) is 9.99. The van der Waals surface area contributed by atoms with Crippen LogP contribution in [0.3, 0.4) is 0 Å². The topological polar surface area (TPSA) is 0 Å². The van der Waals surface area contributed by atoms with Crippen molar-refractivity contribution in [3.63, 3.8) is 0 Å². The SMILES string of the molecule is CCC(C)(C)P(C1CCC(P(C(C)(C)CC)C(C)(C)CC)CC1)C(C)(C)CC. The van der Waals surface area contributed by atoms with Crippen LogP contribution in [0.15, 0.2) is 0 Å². The molecule has 1 saturated carbocycles. The van der Waals surface area contributed by atoms with Crippen molar-refractivity contribution < 1.29 is 0 Å². The van der Waals surface area contributed by atoms with Crippen LogP contribution >= 0.6 is 15.8 Å². The average Bonchev–Trinajstić information content (AvgIpc) is 2.62. The maximum Gasteiger partial charge on any atom is -0.0146 e. The molecule has 1 fully saturated rings. The Morgan fingerprint density at radius 2 is 0.643 bits per heavy atom. The molecule has 0 N–H and O–H groups in total. The van der Waals surface area contributed by atoms with E-state index < -0.39 is 0 Å². The molecular weight excluding hydrogens is 374 g/mol. The monoisotopic (exact) mass is 428 g/mol.